The van der Waals surface area contributed by atoms with Crippen LogP contribution in [0.1, 0.15) is 59.0 Å². The van der Waals surface area contributed by atoms with Gasteiger partial charge in [0.2, 0.25) is 5.71 Å². The minimum atomic E-state index is -4.97. The zero-order chi connectivity index (χ0) is 45.5. The molecule has 9 nitrogen and oxygen atoms in total. The Bertz CT molecular complexity index is 3280. The Labute approximate surface area is 383 Å². The van der Waals surface area contributed by atoms with E-state index >= 15 is 0 Å². The fourth-order valence-electron chi connectivity index (χ4n) is 7.50. The van der Waals surface area contributed by atoms with Crippen molar-refractivity contribution in [2.45, 2.75) is 52.1 Å². The average molecular weight is 1030 g/mol. The van der Waals surface area contributed by atoms with Gasteiger partial charge in [-0.1, -0.05) is 75.0 Å². The summed E-state index contributed by atoms with van der Waals surface area (Å²) in [7, 11) is 0. The molecule has 6 heterocycles. The van der Waals surface area contributed by atoms with Crippen molar-refractivity contribution >= 4 is 33.1 Å². The van der Waals surface area contributed by atoms with Crippen molar-refractivity contribution < 1.29 is 40.4 Å². The maximum atomic E-state index is 12.7. The molecular formula is C51H39F3IrN8O-2. The van der Waals surface area contributed by atoms with Crippen LogP contribution in [0.15, 0.2) is 145 Å². The summed E-state index contributed by atoms with van der Waals surface area (Å²) in [6.45, 7) is 8.96. The van der Waals surface area contributed by atoms with E-state index < -0.39 is 18.1 Å². The van der Waals surface area contributed by atoms with Crippen LogP contribution in [0.3, 0.4) is 0 Å². The Balaban J connectivity index is 0.000000249. The molecule has 0 unspecified atom stereocenters. The molecule has 13 heteroatoms. The van der Waals surface area contributed by atoms with Gasteiger partial charge in [0, 0.05) is 64.9 Å². The second kappa shape index (κ2) is 18.4. The molecule has 321 valence electrons. The number of para-hydroxylation sites is 3. The van der Waals surface area contributed by atoms with Gasteiger partial charge in [0.25, 0.3) is 0 Å². The summed E-state index contributed by atoms with van der Waals surface area (Å²) in [6, 6.07) is 39.7. The van der Waals surface area contributed by atoms with Gasteiger partial charge in [-0.2, -0.15) is 13.2 Å². The fourth-order valence-corrected chi connectivity index (χ4v) is 7.50. The molecule has 10 rings (SSSR count). The van der Waals surface area contributed by atoms with Crippen molar-refractivity contribution in [3.05, 3.63) is 169 Å². The van der Waals surface area contributed by atoms with Crippen molar-refractivity contribution in [2.75, 3.05) is 0 Å². The standard InChI is InChI=1S/C38H30N7O.C13H9F3N.Ir/c1-22(2)25-10-7-11-26(23(3)4)33(25)45-32-15-6-5-14-30(32)43-37(45)29-13-8-12-27-28-16-17-31(44-38(28)46-34(27)29)36-41-20-24(21-42-36)35-39-18-9-19-40-35;14-13(15,16)9-10-6-7-17-12(8-10)11-4-2-1-3-5-11;/h5-12,14-23H,1-4H3;1-4,6-8H,9H2;/q2*-1;/i;9D2;. The number of benzene rings is 4. The Kier molecular flexibility index (Phi) is 11.8. The van der Waals surface area contributed by atoms with Crippen LogP contribution in [0.25, 0.3) is 84.3 Å². The van der Waals surface area contributed by atoms with E-state index in [1.165, 1.54) is 16.8 Å². The van der Waals surface area contributed by atoms with Crippen LogP contribution in [0.2, 0.25) is 0 Å². The average Bonchev–Trinajstić information content (AvgIpc) is 3.90. The van der Waals surface area contributed by atoms with E-state index in [9.17, 15) is 13.2 Å². The number of imidazole rings is 1. The Morgan fingerprint density at radius 2 is 1.42 bits per heavy atom. The molecule has 0 saturated heterocycles. The fraction of sp³-hybridized carbons (Fsp3) is 0.157. The number of hydrogen-bond acceptors (Lipinski definition) is 8. The van der Waals surface area contributed by atoms with Crippen molar-refractivity contribution in [1.82, 2.24) is 39.5 Å². The Morgan fingerprint density at radius 1 is 0.688 bits per heavy atom. The van der Waals surface area contributed by atoms with Crippen LogP contribution >= 0.6 is 0 Å². The van der Waals surface area contributed by atoms with Gasteiger partial charge in [-0.25, -0.2) is 24.9 Å². The minimum Gasteiger partial charge on any atom is -0.486 e. The first-order valence-electron chi connectivity index (χ1n) is 21.2. The maximum Gasteiger partial charge on any atom is 0.393 e. The molecule has 0 N–H and O–H groups in total. The molecule has 0 aliphatic carbocycles. The number of furan rings is 1. The van der Waals surface area contributed by atoms with E-state index in [4.69, 9.17) is 17.1 Å². The number of fused-ring (bicyclic) bond motifs is 4. The predicted molar refractivity (Wildman–Crippen MR) is 239 cm³/mol. The number of alkyl halides is 3. The minimum absolute atomic E-state index is 0. The topological polar surface area (TPSA) is 108 Å². The summed E-state index contributed by atoms with van der Waals surface area (Å²) in [4.78, 5) is 31.7. The van der Waals surface area contributed by atoms with Crippen LogP contribution in [0.4, 0.5) is 13.2 Å². The number of nitrogens with zero attached hydrogens (tertiary/aromatic N) is 8. The number of aromatic nitrogens is 8. The summed E-state index contributed by atoms with van der Waals surface area (Å²) >= 11 is 0. The first-order valence-corrected chi connectivity index (χ1v) is 20.2. The quantitative estimate of drug-likeness (QED) is 0.139. The molecule has 0 atom stereocenters. The van der Waals surface area contributed by atoms with Gasteiger partial charge < -0.3 is 14.0 Å². The van der Waals surface area contributed by atoms with Gasteiger partial charge in [0.05, 0.1) is 34.4 Å². The molecule has 0 spiro atoms. The third kappa shape index (κ3) is 8.95. The molecule has 6 aromatic heterocycles. The predicted octanol–water partition coefficient (Wildman–Crippen LogP) is 12.6. The zero-order valence-electron chi connectivity index (χ0n) is 36.9. The smallest absolute Gasteiger partial charge is 0.393 e. The third-order valence-corrected chi connectivity index (χ3v) is 10.4. The first kappa shape index (κ1) is 41.1. The van der Waals surface area contributed by atoms with Gasteiger partial charge in [-0.15, -0.1) is 54.1 Å². The van der Waals surface area contributed by atoms with Crippen molar-refractivity contribution in [3.63, 3.8) is 0 Å². The van der Waals surface area contributed by atoms with E-state index in [1.54, 1.807) is 55.1 Å². The van der Waals surface area contributed by atoms with E-state index in [0.717, 1.165) is 57.1 Å². The number of halogens is 3. The molecule has 0 saturated carbocycles. The maximum absolute atomic E-state index is 12.7. The molecule has 0 fully saturated rings. The van der Waals surface area contributed by atoms with E-state index in [-0.39, 0.29) is 25.8 Å². The largest absolute Gasteiger partial charge is 0.486 e. The third-order valence-electron chi connectivity index (χ3n) is 10.4. The van der Waals surface area contributed by atoms with Crippen molar-refractivity contribution in [3.8, 4) is 51.2 Å². The zero-order valence-corrected chi connectivity index (χ0v) is 37.3. The van der Waals surface area contributed by atoms with Gasteiger partial charge >= 0.3 is 6.18 Å². The number of rotatable bonds is 8. The SMILES string of the molecule is CC(C)c1cccc(C(C)C)c1-n1c(-c2[c-]ccc3c2oc2nc(-c4ncc(-c5ncccn5)cn4)ccc23)nc2ccccc21.[2H]C([2H])(c1ccnc(-c2[c-]cccc2)c1)C(F)(F)F.[Ir]. The number of pyridine rings is 2. The molecule has 1 radical (unpaired) electrons. The van der Waals surface area contributed by atoms with Crippen LogP contribution in [-0.4, -0.2) is 45.6 Å². The number of hydrogen-bond donors (Lipinski definition) is 0. The molecule has 64 heavy (non-hydrogen) atoms. The molecule has 0 aliphatic rings. The van der Waals surface area contributed by atoms with Gasteiger partial charge in [-0.3, -0.25) is 4.98 Å². The van der Waals surface area contributed by atoms with E-state index in [2.05, 4.69) is 106 Å². The van der Waals surface area contributed by atoms with Crippen LogP contribution in [0, 0.1) is 12.1 Å². The van der Waals surface area contributed by atoms with Crippen molar-refractivity contribution in [2.24, 2.45) is 0 Å². The summed E-state index contributed by atoms with van der Waals surface area (Å²) < 4.78 is 61.2. The van der Waals surface area contributed by atoms with E-state index in [1.807, 2.05) is 30.3 Å². The van der Waals surface area contributed by atoms with Crippen LogP contribution in [0.5, 0.6) is 0 Å². The first-order chi connectivity index (χ1) is 31.3. The summed E-state index contributed by atoms with van der Waals surface area (Å²) in [5.74, 6) is 2.46. The van der Waals surface area contributed by atoms with Crippen molar-refractivity contribution in [1.29, 1.82) is 0 Å². The van der Waals surface area contributed by atoms with E-state index in [0.29, 0.717) is 46.0 Å². The molecular weight excluding hydrogens is 990 g/mol. The second-order valence-corrected chi connectivity index (χ2v) is 15.3. The second-order valence-electron chi connectivity index (χ2n) is 15.3. The van der Waals surface area contributed by atoms with Crippen LogP contribution in [-0.2, 0) is 26.5 Å². The molecule has 10 aromatic rings. The summed E-state index contributed by atoms with van der Waals surface area (Å²) in [6.07, 6.45) is -0.401. The van der Waals surface area contributed by atoms with Gasteiger partial charge in [0.1, 0.15) is 5.69 Å². The van der Waals surface area contributed by atoms with Crippen LogP contribution < -0.4 is 0 Å². The van der Waals surface area contributed by atoms with Gasteiger partial charge in [-0.05, 0) is 70.6 Å². The summed E-state index contributed by atoms with van der Waals surface area (Å²) in [5.41, 5.74) is 9.26. The molecule has 4 aromatic carbocycles. The van der Waals surface area contributed by atoms with Gasteiger partial charge in [0.15, 0.2) is 11.6 Å². The molecule has 0 aliphatic heterocycles. The molecule has 0 amide bonds. The molecule has 0 bridgehead atoms. The Morgan fingerprint density at radius 3 is 2.12 bits per heavy atom. The Hall–Kier alpha value is -6.95. The monoisotopic (exact) mass is 1030 g/mol. The summed E-state index contributed by atoms with van der Waals surface area (Å²) in [5, 5.41) is 1.84. The normalized spacial score (nSPS) is 12.3.